The van der Waals surface area contributed by atoms with Crippen LogP contribution in [0.2, 0.25) is 0 Å². The highest BCUT2D eigenvalue weighted by Gasteiger charge is 2.31. The van der Waals surface area contributed by atoms with E-state index >= 15 is 0 Å². The van der Waals surface area contributed by atoms with Crippen LogP contribution < -0.4 is 4.72 Å². The molecule has 1 N–H and O–H groups in total. The number of hydrogen-bond donors (Lipinski definition) is 1. The number of piperazine rings is 1. The Morgan fingerprint density at radius 2 is 1.64 bits per heavy atom. The standard InChI is InChI=1S/C16H30N4O4S/c21-16(5-6-18-11-13-24-14-12-18)19-7-9-20(10-8-19)25(22,23)17-15-3-1-2-4-15/h15,17H,1-14H2. The molecule has 3 fully saturated rings. The van der Waals surface area contributed by atoms with Crippen molar-refractivity contribution in [1.29, 1.82) is 0 Å². The van der Waals surface area contributed by atoms with Crippen molar-refractivity contribution in [3.8, 4) is 0 Å². The van der Waals surface area contributed by atoms with Crippen molar-refractivity contribution >= 4 is 16.1 Å². The van der Waals surface area contributed by atoms with E-state index in [0.717, 1.165) is 58.5 Å². The maximum absolute atomic E-state index is 12.4. The molecule has 0 unspecified atom stereocenters. The van der Waals surface area contributed by atoms with Crippen molar-refractivity contribution < 1.29 is 17.9 Å². The third kappa shape index (κ3) is 5.37. The normalized spacial score (nSPS) is 24.7. The number of ether oxygens (including phenoxy) is 1. The van der Waals surface area contributed by atoms with Gasteiger partial charge in [-0.05, 0) is 12.8 Å². The van der Waals surface area contributed by atoms with Gasteiger partial charge in [0, 0.05) is 58.3 Å². The highest BCUT2D eigenvalue weighted by molar-refractivity contribution is 7.87. The third-order valence-electron chi connectivity index (χ3n) is 5.35. The van der Waals surface area contributed by atoms with Gasteiger partial charge in [-0.1, -0.05) is 12.8 Å². The summed E-state index contributed by atoms with van der Waals surface area (Å²) in [4.78, 5) is 16.4. The first-order chi connectivity index (χ1) is 12.0. The largest absolute Gasteiger partial charge is 0.379 e. The Kier molecular flexibility index (Phi) is 6.67. The maximum atomic E-state index is 12.4. The molecule has 144 valence electrons. The fraction of sp³-hybridized carbons (Fsp3) is 0.938. The fourth-order valence-corrected chi connectivity index (χ4v) is 5.19. The lowest BCUT2D eigenvalue weighted by atomic mass is 10.3. The van der Waals surface area contributed by atoms with E-state index in [1.807, 2.05) is 0 Å². The van der Waals surface area contributed by atoms with Crippen LogP contribution in [-0.2, 0) is 19.7 Å². The van der Waals surface area contributed by atoms with Crippen LogP contribution in [-0.4, -0.2) is 93.5 Å². The van der Waals surface area contributed by atoms with Gasteiger partial charge in [-0.15, -0.1) is 0 Å². The van der Waals surface area contributed by atoms with Gasteiger partial charge in [-0.3, -0.25) is 9.69 Å². The van der Waals surface area contributed by atoms with Crippen molar-refractivity contribution in [1.82, 2.24) is 18.8 Å². The molecule has 0 spiro atoms. The highest BCUT2D eigenvalue weighted by Crippen LogP contribution is 2.19. The number of carbonyl (C=O) groups is 1. The van der Waals surface area contributed by atoms with Gasteiger partial charge in [0.1, 0.15) is 0 Å². The quantitative estimate of drug-likeness (QED) is 0.686. The molecule has 0 aromatic carbocycles. The van der Waals surface area contributed by atoms with Gasteiger partial charge in [-0.25, -0.2) is 0 Å². The summed E-state index contributed by atoms with van der Waals surface area (Å²) in [5.41, 5.74) is 0. The highest BCUT2D eigenvalue weighted by atomic mass is 32.2. The van der Waals surface area contributed by atoms with Crippen LogP contribution >= 0.6 is 0 Å². The minimum atomic E-state index is -3.42. The first-order valence-corrected chi connectivity index (χ1v) is 10.8. The second kappa shape index (κ2) is 8.77. The van der Waals surface area contributed by atoms with Crippen LogP contribution in [0.25, 0.3) is 0 Å². The molecule has 25 heavy (non-hydrogen) atoms. The van der Waals surface area contributed by atoms with E-state index in [1.165, 1.54) is 4.31 Å². The molecular weight excluding hydrogens is 344 g/mol. The van der Waals surface area contributed by atoms with E-state index in [-0.39, 0.29) is 11.9 Å². The van der Waals surface area contributed by atoms with Gasteiger partial charge >= 0.3 is 0 Å². The summed E-state index contributed by atoms with van der Waals surface area (Å²) in [5, 5.41) is 0. The van der Waals surface area contributed by atoms with Crippen molar-refractivity contribution in [3.05, 3.63) is 0 Å². The zero-order valence-corrected chi connectivity index (χ0v) is 15.7. The molecule has 1 saturated carbocycles. The molecule has 8 nitrogen and oxygen atoms in total. The van der Waals surface area contributed by atoms with Gasteiger partial charge in [0.2, 0.25) is 5.91 Å². The summed E-state index contributed by atoms with van der Waals surface area (Å²) >= 11 is 0. The Bertz CT molecular complexity index is 536. The maximum Gasteiger partial charge on any atom is 0.279 e. The fourth-order valence-electron chi connectivity index (χ4n) is 3.74. The Morgan fingerprint density at radius 1 is 1.00 bits per heavy atom. The van der Waals surface area contributed by atoms with Crippen molar-refractivity contribution in [2.75, 3.05) is 59.0 Å². The molecule has 2 heterocycles. The van der Waals surface area contributed by atoms with E-state index in [4.69, 9.17) is 4.74 Å². The number of rotatable bonds is 6. The molecule has 1 aliphatic carbocycles. The zero-order chi connectivity index (χ0) is 17.7. The van der Waals surface area contributed by atoms with Crippen LogP contribution in [0.3, 0.4) is 0 Å². The summed E-state index contributed by atoms with van der Waals surface area (Å²) in [6.45, 7) is 5.71. The third-order valence-corrected chi connectivity index (χ3v) is 7.02. The molecular formula is C16H30N4O4S. The summed E-state index contributed by atoms with van der Waals surface area (Å²) in [5.74, 6) is 0.118. The Balaban J connectivity index is 1.40. The van der Waals surface area contributed by atoms with Crippen molar-refractivity contribution in [2.45, 2.75) is 38.1 Å². The average Bonchev–Trinajstić information content (AvgIpc) is 3.13. The van der Waals surface area contributed by atoms with Gasteiger partial charge in [0.15, 0.2) is 0 Å². The summed E-state index contributed by atoms with van der Waals surface area (Å²) in [6.07, 6.45) is 4.54. The monoisotopic (exact) mass is 374 g/mol. The average molecular weight is 375 g/mol. The molecule has 2 saturated heterocycles. The number of hydrogen-bond acceptors (Lipinski definition) is 5. The Labute approximate surface area is 150 Å². The molecule has 3 rings (SSSR count). The first kappa shape index (κ1) is 19.0. The van der Waals surface area contributed by atoms with E-state index < -0.39 is 10.2 Å². The first-order valence-electron chi connectivity index (χ1n) is 9.40. The van der Waals surface area contributed by atoms with E-state index in [9.17, 15) is 13.2 Å². The van der Waals surface area contributed by atoms with Crippen LogP contribution in [0.15, 0.2) is 0 Å². The second-order valence-electron chi connectivity index (χ2n) is 7.09. The number of morpholine rings is 1. The summed E-state index contributed by atoms with van der Waals surface area (Å²) in [7, 11) is -3.42. The van der Waals surface area contributed by atoms with Crippen LogP contribution in [0.5, 0.6) is 0 Å². The summed E-state index contributed by atoms with van der Waals surface area (Å²) in [6, 6.07) is 0.0817. The van der Waals surface area contributed by atoms with Crippen LogP contribution in [0, 0.1) is 0 Å². The molecule has 1 amide bonds. The molecule has 0 aromatic rings. The van der Waals surface area contributed by atoms with Crippen molar-refractivity contribution in [2.24, 2.45) is 0 Å². The number of carbonyl (C=O) groups excluding carboxylic acids is 1. The van der Waals surface area contributed by atoms with E-state index in [1.54, 1.807) is 4.90 Å². The Hall–Kier alpha value is -0.740. The van der Waals surface area contributed by atoms with Gasteiger partial charge in [0.25, 0.3) is 10.2 Å². The van der Waals surface area contributed by atoms with E-state index in [0.29, 0.717) is 32.6 Å². The predicted molar refractivity (Wildman–Crippen MR) is 94.3 cm³/mol. The Morgan fingerprint density at radius 3 is 2.28 bits per heavy atom. The molecule has 0 bridgehead atoms. The van der Waals surface area contributed by atoms with Gasteiger partial charge in [-0.2, -0.15) is 17.4 Å². The minimum Gasteiger partial charge on any atom is -0.379 e. The lowest BCUT2D eigenvalue weighted by Crippen LogP contribution is -2.54. The van der Waals surface area contributed by atoms with E-state index in [2.05, 4.69) is 9.62 Å². The molecule has 2 aliphatic heterocycles. The molecule has 0 aromatic heterocycles. The number of nitrogens with zero attached hydrogens (tertiary/aromatic N) is 3. The van der Waals surface area contributed by atoms with Crippen LogP contribution in [0.1, 0.15) is 32.1 Å². The predicted octanol–water partition coefficient (Wildman–Crippen LogP) is -0.370. The van der Waals surface area contributed by atoms with Gasteiger partial charge < -0.3 is 9.64 Å². The molecule has 0 atom stereocenters. The number of amides is 1. The topological polar surface area (TPSA) is 82.2 Å². The summed E-state index contributed by atoms with van der Waals surface area (Å²) < 4.78 is 34.5. The minimum absolute atomic E-state index is 0.0817. The lowest BCUT2D eigenvalue weighted by Gasteiger charge is -2.35. The SMILES string of the molecule is O=C(CCN1CCOCC1)N1CCN(S(=O)(=O)NC2CCCC2)CC1. The zero-order valence-electron chi connectivity index (χ0n) is 14.9. The van der Waals surface area contributed by atoms with Crippen LogP contribution in [0.4, 0.5) is 0 Å². The molecule has 0 radical (unpaired) electrons. The second-order valence-corrected chi connectivity index (χ2v) is 8.79. The number of nitrogens with one attached hydrogen (secondary N) is 1. The molecule has 3 aliphatic rings. The van der Waals surface area contributed by atoms with Gasteiger partial charge in [0.05, 0.1) is 13.2 Å². The molecule has 9 heteroatoms. The van der Waals surface area contributed by atoms with Crippen molar-refractivity contribution in [3.63, 3.8) is 0 Å². The smallest absolute Gasteiger partial charge is 0.279 e. The lowest BCUT2D eigenvalue weighted by molar-refractivity contribution is -0.133.